The van der Waals surface area contributed by atoms with Crippen molar-refractivity contribution >= 4 is 35.1 Å². The lowest BCUT2D eigenvalue weighted by Crippen LogP contribution is -2.51. The van der Waals surface area contributed by atoms with E-state index < -0.39 is 24.3 Å². The van der Waals surface area contributed by atoms with Crippen LogP contribution in [0.5, 0.6) is 0 Å². The number of ether oxygens (including phenoxy) is 2. The van der Waals surface area contributed by atoms with E-state index in [4.69, 9.17) is 19.4 Å². The number of imidazole rings is 2. The van der Waals surface area contributed by atoms with Crippen molar-refractivity contribution in [2.45, 2.75) is 114 Å². The molecule has 4 N–H and O–H groups in total. The third-order valence-electron chi connectivity index (χ3n) is 12.9. The number of aromatic nitrogens is 4. The molecule has 0 radical (unpaired) electrons. The number of aromatic amines is 2. The van der Waals surface area contributed by atoms with Crippen LogP contribution in [0.15, 0.2) is 48.8 Å². The highest BCUT2D eigenvalue weighted by Crippen LogP contribution is 2.51. The lowest BCUT2D eigenvalue weighted by Gasteiger charge is -2.36. The summed E-state index contributed by atoms with van der Waals surface area (Å²) in [5, 5.41) is 5.42. The summed E-state index contributed by atoms with van der Waals surface area (Å²) in [6, 6.07) is 7.24. The maximum absolute atomic E-state index is 13.7. The first-order chi connectivity index (χ1) is 27.2. The molecule has 0 spiro atoms. The molecule has 5 aliphatic rings. The Balaban J connectivity index is 0.941. The van der Waals surface area contributed by atoms with Crippen LogP contribution in [0.4, 0.5) is 9.59 Å². The summed E-state index contributed by atoms with van der Waals surface area (Å²) in [6.45, 7) is 3.78. The number of amides is 4. The van der Waals surface area contributed by atoms with E-state index in [2.05, 4.69) is 57.0 Å². The number of hydrogen-bond donors (Lipinski definition) is 4. The van der Waals surface area contributed by atoms with Gasteiger partial charge < -0.3 is 39.9 Å². The van der Waals surface area contributed by atoms with Crippen LogP contribution in [0, 0.1) is 11.8 Å². The van der Waals surface area contributed by atoms with Crippen molar-refractivity contribution in [3.63, 3.8) is 0 Å². The van der Waals surface area contributed by atoms with Crippen molar-refractivity contribution < 1.29 is 28.7 Å². The fourth-order valence-electron chi connectivity index (χ4n) is 10.0. The predicted octanol–water partition coefficient (Wildman–Crippen LogP) is 6.43. The highest BCUT2D eigenvalue weighted by atomic mass is 16.5. The second-order valence-corrected chi connectivity index (χ2v) is 15.9. The van der Waals surface area contributed by atoms with E-state index in [1.807, 2.05) is 36.0 Å². The predicted molar refractivity (Wildman–Crippen MR) is 208 cm³/mol. The van der Waals surface area contributed by atoms with Crippen molar-refractivity contribution in [2.75, 3.05) is 14.2 Å². The number of benzene rings is 1. The van der Waals surface area contributed by atoms with Gasteiger partial charge in [0.1, 0.15) is 23.7 Å². The molecule has 0 unspecified atom stereocenters. The maximum atomic E-state index is 13.7. The fraction of sp³-hybridized carbons (Fsp3) is 0.524. The molecule has 2 saturated carbocycles. The van der Waals surface area contributed by atoms with E-state index in [0.717, 1.165) is 85.5 Å². The van der Waals surface area contributed by atoms with E-state index in [-0.39, 0.29) is 36.0 Å². The number of alkyl carbamates (subject to hydrolysis) is 2. The zero-order valence-corrected chi connectivity index (χ0v) is 32.5. The number of allylic oxidation sites excluding steroid dienone is 4. The summed E-state index contributed by atoms with van der Waals surface area (Å²) in [5.74, 6) is 2.10. The summed E-state index contributed by atoms with van der Waals surface area (Å²) in [4.78, 5) is 72.0. The van der Waals surface area contributed by atoms with E-state index in [9.17, 15) is 19.2 Å². The van der Waals surface area contributed by atoms with Crippen LogP contribution in [0.1, 0.15) is 113 Å². The average Bonchev–Trinajstić information content (AvgIpc) is 4.10. The second-order valence-electron chi connectivity index (χ2n) is 15.9. The Morgan fingerprint density at radius 2 is 1.16 bits per heavy atom. The van der Waals surface area contributed by atoms with Gasteiger partial charge in [-0.3, -0.25) is 9.59 Å². The Morgan fingerprint density at radius 3 is 1.64 bits per heavy atom. The molecule has 1 aromatic carbocycles. The van der Waals surface area contributed by atoms with Crippen molar-refractivity contribution in [1.82, 2.24) is 40.4 Å². The Kier molecular flexibility index (Phi) is 10.5. The molecule has 8 atom stereocenters. The van der Waals surface area contributed by atoms with Gasteiger partial charge in [0.25, 0.3) is 0 Å². The largest absolute Gasteiger partial charge is 0.453 e. The molecular formula is C42H52N8O6. The number of carbonyl (C=O) groups is 4. The van der Waals surface area contributed by atoms with Crippen LogP contribution in [0.2, 0.25) is 0 Å². The third-order valence-corrected chi connectivity index (χ3v) is 12.9. The number of carbonyl (C=O) groups excluding carboxylic acids is 4. The number of nitrogens with zero attached hydrogens (tertiary/aromatic N) is 4. The Hall–Kier alpha value is -5.40. The highest BCUT2D eigenvalue weighted by Gasteiger charge is 2.52. The average molecular weight is 765 g/mol. The van der Waals surface area contributed by atoms with Gasteiger partial charge in [-0.05, 0) is 98.3 Å². The van der Waals surface area contributed by atoms with Crippen LogP contribution in [-0.2, 0) is 19.1 Å². The molecule has 2 aliphatic heterocycles. The smallest absolute Gasteiger partial charge is 0.407 e. The molecular weight excluding hydrogens is 713 g/mol. The molecule has 2 saturated heterocycles. The lowest BCUT2D eigenvalue weighted by atomic mass is 9.91. The monoisotopic (exact) mass is 764 g/mol. The Bertz CT molecular complexity index is 2030. The van der Waals surface area contributed by atoms with Gasteiger partial charge in [0.05, 0.1) is 50.1 Å². The van der Waals surface area contributed by atoms with Gasteiger partial charge in [0, 0.05) is 12.1 Å². The first kappa shape index (κ1) is 37.5. The van der Waals surface area contributed by atoms with Crippen molar-refractivity contribution in [2.24, 2.45) is 11.8 Å². The Morgan fingerprint density at radius 1 is 0.696 bits per heavy atom. The molecule has 2 aromatic heterocycles. The molecule has 3 aromatic rings. The minimum Gasteiger partial charge on any atom is -0.453 e. The van der Waals surface area contributed by atoms with E-state index >= 15 is 0 Å². The van der Waals surface area contributed by atoms with Gasteiger partial charge in [-0.1, -0.05) is 50.3 Å². The van der Waals surface area contributed by atoms with Crippen LogP contribution in [0.3, 0.4) is 0 Å². The number of rotatable bonds is 11. The maximum Gasteiger partial charge on any atom is 0.407 e. The SMILES string of the molecule is CC[C@H](NC(=O)OC)C(=O)N1[C@@H]2CC[C@@H](C2)[C@H]1c1ncc(C2=CC=C(c3ccc(-c4cnc([C@@H]5[C@H]6CC[C@H](C6)N5C(=O)[C@H](CC)NC(=O)OC)[nH]4)cc3)CC2)[nH]1. The zero-order chi connectivity index (χ0) is 39.1. The normalized spacial score (nSPS) is 26.1. The van der Waals surface area contributed by atoms with Gasteiger partial charge >= 0.3 is 12.2 Å². The molecule has 14 heteroatoms. The highest BCUT2D eigenvalue weighted by molar-refractivity contribution is 5.87. The van der Waals surface area contributed by atoms with Gasteiger partial charge in [0.2, 0.25) is 11.8 Å². The van der Waals surface area contributed by atoms with E-state index in [0.29, 0.717) is 24.7 Å². The molecule has 4 amide bonds. The van der Waals surface area contributed by atoms with Gasteiger partial charge in [-0.15, -0.1) is 0 Å². The van der Waals surface area contributed by atoms with E-state index in [1.54, 1.807) is 0 Å². The quantitative estimate of drug-likeness (QED) is 0.173. The minimum absolute atomic E-state index is 0.0767. The molecule has 296 valence electrons. The Labute approximate surface area is 326 Å². The third kappa shape index (κ3) is 6.87. The summed E-state index contributed by atoms with van der Waals surface area (Å²) >= 11 is 0. The van der Waals surface area contributed by atoms with Gasteiger partial charge in [-0.25, -0.2) is 19.6 Å². The number of hydrogen-bond acceptors (Lipinski definition) is 8. The molecule has 4 heterocycles. The first-order valence-corrected chi connectivity index (χ1v) is 20.1. The topological polar surface area (TPSA) is 175 Å². The molecule has 4 bridgehead atoms. The molecule has 8 rings (SSSR count). The zero-order valence-electron chi connectivity index (χ0n) is 32.5. The molecule has 3 aliphatic carbocycles. The van der Waals surface area contributed by atoms with E-state index in [1.165, 1.54) is 25.4 Å². The van der Waals surface area contributed by atoms with Crippen LogP contribution in [0.25, 0.3) is 22.4 Å². The number of likely N-dealkylation sites (tertiary alicyclic amines) is 2. The summed E-state index contributed by atoms with van der Waals surface area (Å²) < 4.78 is 9.55. The number of methoxy groups -OCH3 is 2. The fourth-order valence-corrected chi connectivity index (χ4v) is 10.0. The summed E-state index contributed by atoms with van der Waals surface area (Å²) in [6.07, 6.45) is 15.5. The lowest BCUT2D eigenvalue weighted by molar-refractivity contribution is -0.139. The molecule has 14 nitrogen and oxygen atoms in total. The number of nitrogens with one attached hydrogen (secondary N) is 4. The molecule has 56 heavy (non-hydrogen) atoms. The number of piperidine rings is 2. The van der Waals surface area contributed by atoms with Crippen molar-refractivity contribution in [3.8, 4) is 11.3 Å². The first-order valence-electron chi connectivity index (χ1n) is 20.1. The van der Waals surface area contributed by atoms with Crippen molar-refractivity contribution in [1.29, 1.82) is 0 Å². The van der Waals surface area contributed by atoms with Gasteiger partial charge in [-0.2, -0.15) is 0 Å². The van der Waals surface area contributed by atoms with Crippen LogP contribution >= 0.6 is 0 Å². The van der Waals surface area contributed by atoms with Crippen molar-refractivity contribution in [3.05, 3.63) is 71.7 Å². The number of fused-ring (bicyclic) bond motifs is 4. The second kappa shape index (κ2) is 15.6. The number of H-pyrrole nitrogens is 2. The molecule has 4 fully saturated rings. The van der Waals surface area contributed by atoms with Gasteiger partial charge in [0.15, 0.2) is 0 Å². The minimum atomic E-state index is -0.642. The standard InChI is InChI=1S/C42H52N8O6/c1-5-31(47-41(53)55-3)39(51)49-29-17-15-27(19-29)35(49)37-43-21-33(45-37)25-11-7-23(8-12-25)24-9-13-26(14-10-24)34-22-44-38(46-34)36-28-16-18-30(20-28)50(36)40(52)32(6-2)48-42(54)56-4/h7-9,11-13,21-22,27-32,35-36H,5-6,10,14-20H2,1-4H3,(H,43,45)(H,44,46)(H,47,53)(H,48,54)/t27-,28-,29+,30+,31-,32-,35-,36-/m0/s1. The van der Waals surface area contributed by atoms with Crippen LogP contribution in [-0.4, -0.2) is 92.1 Å². The summed E-state index contributed by atoms with van der Waals surface area (Å²) in [5.41, 5.74) is 6.47. The summed E-state index contributed by atoms with van der Waals surface area (Å²) in [7, 11) is 2.61. The van der Waals surface area contributed by atoms with Crippen LogP contribution < -0.4 is 10.6 Å².